The van der Waals surface area contributed by atoms with Crippen LogP contribution >= 0.6 is 0 Å². The predicted octanol–water partition coefficient (Wildman–Crippen LogP) is 3.59. The van der Waals surface area contributed by atoms with Gasteiger partial charge in [0.1, 0.15) is 5.69 Å². The molecule has 0 bridgehead atoms. The Morgan fingerprint density at radius 1 is 0.964 bits per heavy atom. The molecular weight excluding hydrogens is 350 g/mol. The minimum Gasteiger partial charge on any atom is -0.349 e. The largest absolute Gasteiger partial charge is 0.349 e. The van der Waals surface area contributed by atoms with Crippen LogP contribution in [-0.4, -0.2) is 34.8 Å². The number of rotatable bonds is 5. The summed E-state index contributed by atoms with van der Waals surface area (Å²) in [5.74, 6) is 0.595. The van der Waals surface area contributed by atoms with Gasteiger partial charge in [-0.1, -0.05) is 42.8 Å². The lowest BCUT2D eigenvalue weighted by atomic mass is 9.77. The molecule has 4 rings (SSSR count). The van der Waals surface area contributed by atoms with Crippen molar-refractivity contribution < 1.29 is 9.59 Å². The molecule has 1 saturated heterocycles. The van der Waals surface area contributed by atoms with Crippen molar-refractivity contribution in [1.82, 2.24) is 15.2 Å². The molecule has 1 atom stereocenters. The van der Waals surface area contributed by atoms with Crippen molar-refractivity contribution in [1.29, 1.82) is 0 Å². The maximum absolute atomic E-state index is 12.9. The highest BCUT2D eigenvalue weighted by Crippen LogP contribution is 2.38. The second kappa shape index (κ2) is 8.55. The summed E-state index contributed by atoms with van der Waals surface area (Å²) in [5.41, 5.74) is 1.67. The van der Waals surface area contributed by atoms with E-state index in [1.807, 2.05) is 29.2 Å². The number of hydrogen-bond acceptors (Lipinski definition) is 3. The van der Waals surface area contributed by atoms with Gasteiger partial charge in [0.15, 0.2) is 0 Å². The van der Waals surface area contributed by atoms with Crippen molar-refractivity contribution >= 4 is 11.8 Å². The van der Waals surface area contributed by atoms with Gasteiger partial charge in [0, 0.05) is 25.2 Å². The number of amides is 2. The monoisotopic (exact) mass is 377 g/mol. The Morgan fingerprint density at radius 2 is 1.68 bits per heavy atom. The van der Waals surface area contributed by atoms with E-state index in [-0.39, 0.29) is 23.8 Å². The number of benzene rings is 1. The summed E-state index contributed by atoms with van der Waals surface area (Å²) < 4.78 is 0. The fourth-order valence-electron chi connectivity index (χ4n) is 4.17. The molecule has 1 unspecified atom stereocenters. The third-order valence-corrected chi connectivity index (χ3v) is 6.11. The number of nitrogens with one attached hydrogen (secondary N) is 1. The Kier molecular flexibility index (Phi) is 5.70. The first-order chi connectivity index (χ1) is 13.7. The lowest BCUT2D eigenvalue weighted by molar-refractivity contribution is -0.127. The summed E-state index contributed by atoms with van der Waals surface area (Å²) in [6, 6.07) is 15.8. The molecule has 2 aromatic rings. The molecule has 2 aliphatic rings. The van der Waals surface area contributed by atoms with Crippen molar-refractivity contribution in [2.75, 3.05) is 13.1 Å². The highest BCUT2D eigenvalue weighted by Gasteiger charge is 2.33. The Labute approximate surface area is 166 Å². The standard InChI is InChI=1S/C23H27N3O2/c27-22(25-21(18-9-6-10-18)17-7-2-1-3-8-17)19-12-15-26(16-13-19)23(28)20-11-4-5-14-24-20/h1-5,7-8,11,14,18-19,21H,6,9-10,12-13,15-16H2,(H,25,27). The molecule has 1 N–H and O–H groups in total. The molecule has 5 heteroatoms. The summed E-state index contributed by atoms with van der Waals surface area (Å²) in [5, 5.41) is 3.33. The van der Waals surface area contributed by atoms with Gasteiger partial charge in [-0.15, -0.1) is 0 Å². The van der Waals surface area contributed by atoms with Gasteiger partial charge in [-0.25, -0.2) is 0 Å². The molecular formula is C23H27N3O2. The van der Waals surface area contributed by atoms with E-state index >= 15 is 0 Å². The van der Waals surface area contributed by atoms with Crippen LogP contribution in [0, 0.1) is 11.8 Å². The van der Waals surface area contributed by atoms with Crippen LogP contribution in [0.4, 0.5) is 0 Å². The van der Waals surface area contributed by atoms with Crippen LogP contribution in [0.2, 0.25) is 0 Å². The van der Waals surface area contributed by atoms with Gasteiger partial charge in [-0.2, -0.15) is 0 Å². The van der Waals surface area contributed by atoms with Crippen molar-refractivity contribution in [3.8, 4) is 0 Å². The van der Waals surface area contributed by atoms with Crippen LogP contribution in [-0.2, 0) is 4.79 Å². The molecule has 2 heterocycles. The van der Waals surface area contributed by atoms with Crippen LogP contribution in [0.3, 0.4) is 0 Å². The van der Waals surface area contributed by atoms with Crippen molar-refractivity contribution in [3.05, 3.63) is 66.0 Å². The normalized spacial score (nSPS) is 18.9. The van der Waals surface area contributed by atoms with E-state index < -0.39 is 0 Å². The van der Waals surface area contributed by atoms with E-state index in [0.717, 1.165) is 0 Å². The number of carbonyl (C=O) groups excluding carboxylic acids is 2. The highest BCUT2D eigenvalue weighted by molar-refractivity contribution is 5.92. The fraction of sp³-hybridized carbons (Fsp3) is 0.435. The number of hydrogen-bond donors (Lipinski definition) is 1. The SMILES string of the molecule is O=C(NC(c1ccccc1)C1CCC1)C1CCN(C(=O)c2ccccn2)CC1. The molecule has 1 aromatic heterocycles. The molecule has 0 spiro atoms. The molecule has 0 radical (unpaired) electrons. The zero-order valence-electron chi connectivity index (χ0n) is 16.1. The van der Waals surface area contributed by atoms with Gasteiger partial charge in [-0.3, -0.25) is 14.6 Å². The quantitative estimate of drug-likeness (QED) is 0.866. The molecule has 1 aromatic carbocycles. The van der Waals surface area contributed by atoms with Crippen molar-refractivity contribution in [2.45, 2.75) is 38.1 Å². The number of pyridine rings is 1. The summed E-state index contributed by atoms with van der Waals surface area (Å²) in [6.45, 7) is 1.21. The van der Waals surface area contributed by atoms with Crippen LogP contribution in [0.25, 0.3) is 0 Å². The Hall–Kier alpha value is -2.69. The number of likely N-dealkylation sites (tertiary alicyclic amines) is 1. The maximum Gasteiger partial charge on any atom is 0.272 e. The third-order valence-electron chi connectivity index (χ3n) is 6.11. The smallest absolute Gasteiger partial charge is 0.272 e. The zero-order valence-corrected chi connectivity index (χ0v) is 16.1. The van der Waals surface area contributed by atoms with Crippen molar-refractivity contribution in [3.63, 3.8) is 0 Å². The molecule has 5 nitrogen and oxygen atoms in total. The molecule has 2 fully saturated rings. The molecule has 146 valence electrons. The van der Waals surface area contributed by atoms with Crippen molar-refractivity contribution in [2.24, 2.45) is 11.8 Å². The number of aromatic nitrogens is 1. The maximum atomic E-state index is 12.9. The molecule has 28 heavy (non-hydrogen) atoms. The zero-order chi connectivity index (χ0) is 19.3. The summed E-state index contributed by atoms with van der Waals surface area (Å²) in [4.78, 5) is 31.4. The van der Waals surface area contributed by atoms with E-state index in [1.54, 1.807) is 18.3 Å². The van der Waals surface area contributed by atoms with E-state index in [4.69, 9.17) is 0 Å². The van der Waals surface area contributed by atoms with Crippen LogP contribution < -0.4 is 5.32 Å². The van der Waals surface area contributed by atoms with E-state index in [0.29, 0.717) is 37.5 Å². The topological polar surface area (TPSA) is 62.3 Å². The number of carbonyl (C=O) groups is 2. The second-order valence-corrected chi connectivity index (χ2v) is 7.87. The van der Waals surface area contributed by atoms with Gasteiger partial charge in [0.05, 0.1) is 6.04 Å². The fourth-order valence-corrected chi connectivity index (χ4v) is 4.17. The lowest BCUT2D eigenvalue weighted by Gasteiger charge is -2.37. The van der Waals surface area contributed by atoms with Gasteiger partial charge < -0.3 is 10.2 Å². The van der Waals surface area contributed by atoms with Gasteiger partial charge >= 0.3 is 0 Å². The summed E-state index contributed by atoms with van der Waals surface area (Å²) in [7, 11) is 0. The molecule has 1 aliphatic carbocycles. The predicted molar refractivity (Wildman–Crippen MR) is 108 cm³/mol. The first-order valence-corrected chi connectivity index (χ1v) is 10.3. The van der Waals surface area contributed by atoms with Crippen LogP contribution in [0.5, 0.6) is 0 Å². The number of piperidine rings is 1. The second-order valence-electron chi connectivity index (χ2n) is 7.87. The molecule has 1 aliphatic heterocycles. The molecule has 1 saturated carbocycles. The summed E-state index contributed by atoms with van der Waals surface area (Å²) in [6.07, 6.45) is 6.65. The van der Waals surface area contributed by atoms with E-state index in [1.165, 1.54) is 24.8 Å². The summed E-state index contributed by atoms with van der Waals surface area (Å²) >= 11 is 0. The van der Waals surface area contributed by atoms with Gasteiger partial charge in [-0.05, 0) is 49.3 Å². The van der Waals surface area contributed by atoms with Crippen LogP contribution in [0.15, 0.2) is 54.7 Å². The van der Waals surface area contributed by atoms with E-state index in [9.17, 15) is 9.59 Å². The Morgan fingerprint density at radius 3 is 2.29 bits per heavy atom. The average molecular weight is 377 g/mol. The lowest BCUT2D eigenvalue weighted by Crippen LogP contribution is -2.45. The molecule has 2 amide bonds. The average Bonchev–Trinajstić information content (AvgIpc) is 2.73. The Balaban J connectivity index is 1.35. The minimum atomic E-state index is -0.0453. The number of nitrogens with zero attached hydrogens (tertiary/aromatic N) is 2. The first kappa shape index (κ1) is 18.7. The first-order valence-electron chi connectivity index (χ1n) is 10.3. The van der Waals surface area contributed by atoms with Crippen LogP contribution in [0.1, 0.15) is 54.2 Å². The van der Waals surface area contributed by atoms with Gasteiger partial charge in [0.2, 0.25) is 5.91 Å². The Bertz CT molecular complexity index is 797. The third kappa shape index (κ3) is 4.08. The highest BCUT2D eigenvalue weighted by atomic mass is 16.2. The minimum absolute atomic E-state index is 0.0286. The van der Waals surface area contributed by atoms with Gasteiger partial charge in [0.25, 0.3) is 5.91 Å². The van der Waals surface area contributed by atoms with E-state index in [2.05, 4.69) is 22.4 Å².